The zero-order chi connectivity index (χ0) is 26.4. The summed E-state index contributed by atoms with van der Waals surface area (Å²) in [5, 5.41) is 11.8. The van der Waals surface area contributed by atoms with Gasteiger partial charge >= 0.3 is 5.91 Å². The molecule has 0 bridgehead atoms. The number of nitrogens with zero attached hydrogens (tertiary/aromatic N) is 2. The van der Waals surface area contributed by atoms with Gasteiger partial charge in [0.1, 0.15) is 11.5 Å². The fourth-order valence-corrected chi connectivity index (χ4v) is 4.69. The predicted molar refractivity (Wildman–Crippen MR) is 144 cm³/mol. The van der Waals surface area contributed by atoms with E-state index in [1.165, 1.54) is 23.1 Å². The number of carbonyl (C=O) groups excluding carboxylic acids is 2. The van der Waals surface area contributed by atoms with Crippen molar-refractivity contribution in [2.45, 2.75) is 32.9 Å². The lowest BCUT2D eigenvalue weighted by Gasteiger charge is -2.23. The molecule has 1 aliphatic rings. The number of aliphatic hydroxyl groups excluding tert-OH is 1. The van der Waals surface area contributed by atoms with Gasteiger partial charge in [-0.3, -0.25) is 14.5 Å². The Kier molecular flexibility index (Phi) is 6.43. The van der Waals surface area contributed by atoms with Crippen molar-refractivity contribution >= 4 is 57.6 Å². The number of Topliss-reactive ketones (excluding diaryl/α,β-unsaturated/α-hetero) is 1. The van der Waals surface area contributed by atoms with Crippen molar-refractivity contribution in [3.63, 3.8) is 0 Å². The Morgan fingerprint density at radius 2 is 1.76 bits per heavy atom. The standard InChI is InChI=1S/C28H23Cl2N3O4/c1-14(2)37-18-8-5-16(6-9-18)24-23(25(34)17-7-10-19(29)20(30)13-17)26(35)27(36)33(24)28-31-21-11-4-15(3)12-22(21)32-28/h4-14,24,34H,1-3H3,(H,31,32)/b25-23+. The molecule has 9 heteroatoms. The van der Waals surface area contributed by atoms with E-state index in [-0.39, 0.29) is 34.0 Å². The van der Waals surface area contributed by atoms with Crippen LogP contribution in [-0.2, 0) is 9.59 Å². The highest BCUT2D eigenvalue weighted by atomic mass is 35.5. The van der Waals surface area contributed by atoms with Gasteiger partial charge in [0.2, 0.25) is 5.95 Å². The average molecular weight is 536 g/mol. The number of fused-ring (bicyclic) bond motifs is 1. The maximum atomic E-state index is 13.4. The summed E-state index contributed by atoms with van der Waals surface area (Å²) in [6.45, 7) is 5.79. The molecule has 7 nitrogen and oxygen atoms in total. The van der Waals surface area contributed by atoms with E-state index in [1.54, 1.807) is 24.3 Å². The van der Waals surface area contributed by atoms with Gasteiger partial charge in [-0.25, -0.2) is 4.98 Å². The number of aliphatic hydroxyl groups is 1. The Morgan fingerprint density at radius 3 is 2.43 bits per heavy atom. The molecule has 4 aromatic rings. The van der Waals surface area contributed by atoms with Crippen LogP contribution in [0.25, 0.3) is 16.8 Å². The minimum atomic E-state index is -0.954. The normalized spacial score (nSPS) is 17.2. The van der Waals surface area contributed by atoms with E-state index in [1.807, 2.05) is 39.0 Å². The van der Waals surface area contributed by atoms with E-state index >= 15 is 0 Å². The molecular weight excluding hydrogens is 513 g/mol. The van der Waals surface area contributed by atoms with Crippen LogP contribution in [0.2, 0.25) is 10.0 Å². The molecule has 0 saturated carbocycles. The van der Waals surface area contributed by atoms with E-state index in [0.29, 0.717) is 21.9 Å². The lowest BCUT2D eigenvalue weighted by atomic mass is 9.95. The minimum absolute atomic E-state index is 0.0230. The Hall–Kier alpha value is -3.81. The molecule has 188 valence electrons. The Labute approximate surface area is 223 Å². The molecule has 5 rings (SSSR count). The third-order valence-corrected chi connectivity index (χ3v) is 6.80. The first-order chi connectivity index (χ1) is 17.6. The molecule has 2 N–H and O–H groups in total. The number of hydrogen-bond acceptors (Lipinski definition) is 5. The number of ether oxygens (including phenoxy) is 1. The third kappa shape index (κ3) is 4.56. The number of aryl methyl sites for hydroxylation is 1. The number of aromatic amines is 1. The monoisotopic (exact) mass is 535 g/mol. The molecule has 0 radical (unpaired) electrons. The van der Waals surface area contributed by atoms with Gasteiger partial charge in [-0.15, -0.1) is 0 Å². The number of imidazole rings is 1. The van der Waals surface area contributed by atoms with Crippen LogP contribution in [0, 0.1) is 6.92 Å². The second-order valence-electron chi connectivity index (χ2n) is 9.11. The van der Waals surface area contributed by atoms with Gasteiger partial charge in [-0.2, -0.15) is 0 Å². The Balaban J connectivity index is 1.69. The lowest BCUT2D eigenvalue weighted by molar-refractivity contribution is -0.132. The van der Waals surface area contributed by atoms with E-state index in [0.717, 1.165) is 11.1 Å². The summed E-state index contributed by atoms with van der Waals surface area (Å²) in [6, 6.07) is 16.3. The molecule has 1 atom stereocenters. The average Bonchev–Trinajstić information content (AvgIpc) is 3.38. The number of ketones is 1. The first-order valence-corrected chi connectivity index (χ1v) is 12.4. The zero-order valence-electron chi connectivity index (χ0n) is 20.3. The number of aromatic nitrogens is 2. The highest BCUT2D eigenvalue weighted by Crippen LogP contribution is 2.42. The fraction of sp³-hybridized carbons (Fsp3) is 0.179. The van der Waals surface area contributed by atoms with Gasteiger partial charge in [0.05, 0.1) is 38.8 Å². The molecule has 1 fully saturated rings. The molecule has 1 aliphatic heterocycles. The summed E-state index contributed by atoms with van der Waals surface area (Å²) in [5.41, 5.74) is 3.15. The number of H-pyrrole nitrogens is 1. The topological polar surface area (TPSA) is 95.5 Å². The Morgan fingerprint density at radius 1 is 1.03 bits per heavy atom. The highest BCUT2D eigenvalue weighted by molar-refractivity contribution is 6.51. The number of halogens is 2. The van der Waals surface area contributed by atoms with Crippen molar-refractivity contribution in [1.29, 1.82) is 0 Å². The number of rotatable bonds is 5. The van der Waals surface area contributed by atoms with E-state index in [4.69, 9.17) is 27.9 Å². The highest BCUT2D eigenvalue weighted by Gasteiger charge is 2.48. The summed E-state index contributed by atoms with van der Waals surface area (Å²) in [5.74, 6) is -1.18. The van der Waals surface area contributed by atoms with Crippen molar-refractivity contribution in [3.8, 4) is 5.75 Å². The van der Waals surface area contributed by atoms with Gasteiger partial charge in [0.25, 0.3) is 5.78 Å². The number of nitrogens with one attached hydrogen (secondary N) is 1. The van der Waals surface area contributed by atoms with Gasteiger partial charge in [-0.1, -0.05) is 41.4 Å². The summed E-state index contributed by atoms with van der Waals surface area (Å²) in [4.78, 5) is 35.8. The molecule has 3 aromatic carbocycles. The lowest BCUT2D eigenvalue weighted by Crippen LogP contribution is -2.30. The summed E-state index contributed by atoms with van der Waals surface area (Å²) in [6.07, 6.45) is -0.0230. The number of carbonyl (C=O) groups is 2. The summed E-state index contributed by atoms with van der Waals surface area (Å²) >= 11 is 12.2. The quantitative estimate of drug-likeness (QED) is 0.170. The van der Waals surface area contributed by atoms with Crippen LogP contribution in [-0.4, -0.2) is 32.9 Å². The number of benzene rings is 3. The molecule has 0 aliphatic carbocycles. The molecule has 1 unspecified atom stereocenters. The molecule has 2 heterocycles. The third-order valence-electron chi connectivity index (χ3n) is 6.06. The van der Waals surface area contributed by atoms with Crippen LogP contribution in [0.15, 0.2) is 66.2 Å². The van der Waals surface area contributed by atoms with Gasteiger partial charge in [0.15, 0.2) is 0 Å². The summed E-state index contributed by atoms with van der Waals surface area (Å²) < 4.78 is 5.75. The number of anilines is 1. The van der Waals surface area contributed by atoms with Crippen LogP contribution in [0.4, 0.5) is 5.95 Å². The van der Waals surface area contributed by atoms with Gasteiger partial charge in [0, 0.05) is 5.56 Å². The Bertz CT molecular complexity index is 1570. The molecule has 1 amide bonds. The van der Waals surface area contributed by atoms with Crippen LogP contribution in [0.3, 0.4) is 0 Å². The number of amides is 1. The molecular formula is C28H23Cl2N3O4. The SMILES string of the molecule is Cc1ccc2nc(N3C(=O)C(=O)/C(=C(/O)c4ccc(Cl)c(Cl)c4)C3c3ccc(OC(C)C)cc3)[nH]c2c1. The molecule has 0 spiro atoms. The van der Waals surface area contributed by atoms with Gasteiger partial charge < -0.3 is 14.8 Å². The summed E-state index contributed by atoms with van der Waals surface area (Å²) in [7, 11) is 0. The first kappa shape index (κ1) is 24.9. The first-order valence-electron chi connectivity index (χ1n) is 11.6. The second kappa shape index (κ2) is 9.57. The van der Waals surface area contributed by atoms with Crippen LogP contribution < -0.4 is 9.64 Å². The smallest absolute Gasteiger partial charge is 0.302 e. The number of hydrogen-bond donors (Lipinski definition) is 2. The van der Waals surface area contributed by atoms with E-state index in [9.17, 15) is 14.7 Å². The van der Waals surface area contributed by atoms with Crippen molar-refractivity contribution in [2.24, 2.45) is 0 Å². The maximum Gasteiger partial charge on any atom is 0.302 e. The largest absolute Gasteiger partial charge is 0.507 e. The van der Waals surface area contributed by atoms with Crippen molar-refractivity contribution in [1.82, 2.24) is 9.97 Å². The van der Waals surface area contributed by atoms with Crippen LogP contribution in [0.1, 0.15) is 36.6 Å². The van der Waals surface area contributed by atoms with Gasteiger partial charge in [-0.05, 0) is 74.4 Å². The van der Waals surface area contributed by atoms with Crippen molar-refractivity contribution in [3.05, 3.63) is 93.0 Å². The predicted octanol–water partition coefficient (Wildman–Crippen LogP) is 6.59. The second-order valence-corrected chi connectivity index (χ2v) is 9.93. The van der Waals surface area contributed by atoms with Crippen molar-refractivity contribution < 1.29 is 19.4 Å². The van der Waals surface area contributed by atoms with Crippen LogP contribution in [0.5, 0.6) is 5.75 Å². The van der Waals surface area contributed by atoms with E-state index in [2.05, 4.69) is 9.97 Å². The van der Waals surface area contributed by atoms with Crippen LogP contribution >= 0.6 is 23.2 Å². The van der Waals surface area contributed by atoms with Crippen molar-refractivity contribution in [2.75, 3.05) is 4.90 Å². The molecule has 37 heavy (non-hydrogen) atoms. The zero-order valence-corrected chi connectivity index (χ0v) is 21.8. The molecule has 1 aromatic heterocycles. The fourth-order valence-electron chi connectivity index (χ4n) is 4.39. The maximum absolute atomic E-state index is 13.4. The van der Waals surface area contributed by atoms with E-state index < -0.39 is 17.7 Å². The minimum Gasteiger partial charge on any atom is -0.507 e. The molecule has 1 saturated heterocycles.